The Bertz CT molecular complexity index is 614. The molecule has 1 N–H and O–H groups in total. The molecular formula is C14H16FNO2. The van der Waals surface area contributed by atoms with Gasteiger partial charge in [-0.1, -0.05) is 12.1 Å². The Kier molecular flexibility index (Phi) is 2.89. The molecule has 0 amide bonds. The van der Waals surface area contributed by atoms with Gasteiger partial charge in [0, 0.05) is 17.6 Å². The molecule has 0 saturated carbocycles. The van der Waals surface area contributed by atoms with E-state index in [2.05, 4.69) is 0 Å². The zero-order valence-corrected chi connectivity index (χ0v) is 10.7. The molecule has 18 heavy (non-hydrogen) atoms. The van der Waals surface area contributed by atoms with Gasteiger partial charge in [0.25, 0.3) is 0 Å². The van der Waals surface area contributed by atoms with Crippen molar-refractivity contribution in [1.82, 2.24) is 4.57 Å². The van der Waals surface area contributed by atoms with Crippen LogP contribution in [0.4, 0.5) is 4.39 Å². The summed E-state index contributed by atoms with van der Waals surface area (Å²) in [6.07, 6.45) is 0. The van der Waals surface area contributed by atoms with Crippen LogP contribution in [0.1, 0.15) is 26.5 Å². The van der Waals surface area contributed by atoms with E-state index in [0.29, 0.717) is 17.8 Å². The summed E-state index contributed by atoms with van der Waals surface area (Å²) in [7, 11) is 0. The number of benzene rings is 1. The Hall–Kier alpha value is -1.84. The lowest BCUT2D eigenvalue weighted by molar-refractivity contribution is -0.142. The number of para-hydroxylation sites is 1. The fourth-order valence-corrected chi connectivity index (χ4v) is 2.23. The summed E-state index contributed by atoms with van der Waals surface area (Å²) in [5.41, 5.74) is 0.0588. The standard InChI is InChI=1S/C14H16FNO2/c1-4-16-11(14(2,3)13(17)18)8-9-6-5-7-10(15)12(9)16/h5-8H,4H2,1-3H3,(H,17,18). The van der Waals surface area contributed by atoms with Crippen molar-refractivity contribution in [3.63, 3.8) is 0 Å². The van der Waals surface area contributed by atoms with Gasteiger partial charge in [-0.2, -0.15) is 0 Å². The van der Waals surface area contributed by atoms with Gasteiger partial charge in [0.15, 0.2) is 0 Å². The van der Waals surface area contributed by atoms with Crippen LogP contribution in [-0.2, 0) is 16.8 Å². The lowest BCUT2D eigenvalue weighted by Gasteiger charge is -2.21. The lowest BCUT2D eigenvalue weighted by Crippen LogP contribution is -2.31. The minimum Gasteiger partial charge on any atom is -0.481 e. The molecule has 0 atom stereocenters. The number of aryl methyl sites for hydroxylation is 1. The Morgan fingerprint density at radius 1 is 1.44 bits per heavy atom. The number of halogens is 1. The van der Waals surface area contributed by atoms with Crippen molar-refractivity contribution < 1.29 is 14.3 Å². The highest BCUT2D eigenvalue weighted by molar-refractivity contribution is 5.87. The molecule has 0 aliphatic heterocycles. The number of carboxylic acid groups (broad SMARTS) is 1. The first-order valence-electron chi connectivity index (χ1n) is 5.91. The molecule has 0 aliphatic rings. The third kappa shape index (κ3) is 1.68. The highest BCUT2D eigenvalue weighted by atomic mass is 19.1. The second-order valence-corrected chi connectivity index (χ2v) is 4.88. The van der Waals surface area contributed by atoms with E-state index >= 15 is 0 Å². The number of hydrogen-bond donors (Lipinski definition) is 1. The Morgan fingerprint density at radius 2 is 2.11 bits per heavy atom. The van der Waals surface area contributed by atoms with Crippen LogP contribution in [0.2, 0.25) is 0 Å². The van der Waals surface area contributed by atoms with Crippen molar-refractivity contribution in [2.24, 2.45) is 0 Å². The van der Waals surface area contributed by atoms with Gasteiger partial charge in [-0.3, -0.25) is 4.79 Å². The number of carbonyl (C=O) groups is 1. The molecule has 2 aromatic rings. The van der Waals surface area contributed by atoms with Crippen molar-refractivity contribution in [3.05, 3.63) is 35.8 Å². The fourth-order valence-electron chi connectivity index (χ4n) is 2.23. The number of aromatic nitrogens is 1. The number of fused-ring (bicyclic) bond motifs is 1. The molecule has 0 unspecified atom stereocenters. The molecule has 1 aromatic carbocycles. The maximum atomic E-state index is 13.9. The summed E-state index contributed by atoms with van der Waals surface area (Å²) in [5.74, 6) is -1.23. The van der Waals surface area contributed by atoms with Gasteiger partial charge < -0.3 is 9.67 Å². The Labute approximate surface area is 105 Å². The molecule has 0 fully saturated rings. The first-order chi connectivity index (χ1) is 8.39. The summed E-state index contributed by atoms with van der Waals surface area (Å²) in [5, 5.41) is 10.0. The number of nitrogens with zero attached hydrogens (tertiary/aromatic N) is 1. The molecule has 2 rings (SSSR count). The van der Waals surface area contributed by atoms with Gasteiger partial charge in [-0.25, -0.2) is 4.39 Å². The zero-order valence-electron chi connectivity index (χ0n) is 10.7. The Balaban J connectivity index is 2.81. The van der Waals surface area contributed by atoms with E-state index in [0.717, 1.165) is 5.39 Å². The summed E-state index contributed by atoms with van der Waals surface area (Å²) in [6, 6.07) is 6.59. The van der Waals surface area contributed by atoms with Crippen LogP contribution in [0.25, 0.3) is 10.9 Å². The van der Waals surface area contributed by atoms with Crippen LogP contribution in [-0.4, -0.2) is 15.6 Å². The van der Waals surface area contributed by atoms with Gasteiger partial charge in [-0.05, 0) is 32.9 Å². The first-order valence-corrected chi connectivity index (χ1v) is 5.91. The number of aliphatic carboxylic acids is 1. The minimum atomic E-state index is -1.04. The highest BCUT2D eigenvalue weighted by Crippen LogP contribution is 2.31. The predicted molar refractivity (Wildman–Crippen MR) is 68.2 cm³/mol. The molecule has 1 heterocycles. The van der Waals surface area contributed by atoms with Crippen molar-refractivity contribution in [1.29, 1.82) is 0 Å². The molecule has 0 bridgehead atoms. The van der Waals surface area contributed by atoms with E-state index in [4.69, 9.17) is 0 Å². The first kappa shape index (κ1) is 12.6. The molecule has 1 aromatic heterocycles. The second kappa shape index (κ2) is 4.12. The third-order valence-electron chi connectivity index (χ3n) is 3.36. The highest BCUT2D eigenvalue weighted by Gasteiger charge is 2.33. The average molecular weight is 249 g/mol. The topological polar surface area (TPSA) is 42.2 Å². The third-order valence-corrected chi connectivity index (χ3v) is 3.36. The van der Waals surface area contributed by atoms with Crippen LogP contribution in [0.3, 0.4) is 0 Å². The average Bonchev–Trinajstić information content (AvgIpc) is 2.69. The molecule has 0 aliphatic carbocycles. The largest absolute Gasteiger partial charge is 0.481 e. The number of hydrogen-bond acceptors (Lipinski definition) is 1. The summed E-state index contributed by atoms with van der Waals surface area (Å²) < 4.78 is 15.6. The van der Waals surface area contributed by atoms with Crippen molar-refractivity contribution >= 4 is 16.9 Å². The predicted octanol–water partition coefficient (Wildman–Crippen LogP) is 3.16. The normalized spacial score (nSPS) is 12.0. The van der Waals surface area contributed by atoms with Gasteiger partial charge in [0.1, 0.15) is 11.2 Å². The smallest absolute Gasteiger partial charge is 0.315 e. The minimum absolute atomic E-state index is 0.318. The van der Waals surface area contributed by atoms with E-state index in [1.165, 1.54) is 6.07 Å². The molecular weight excluding hydrogens is 233 g/mol. The zero-order chi connectivity index (χ0) is 13.5. The van der Waals surface area contributed by atoms with Crippen LogP contribution in [0, 0.1) is 5.82 Å². The van der Waals surface area contributed by atoms with Crippen molar-refractivity contribution in [2.45, 2.75) is 32.7 Å². The molecule has 96 valence electrons. The van der Waals surface area contributed by atoms with E-state index in [1.54, 1.807) is 36.6 Å². The van der Waals surface area contributed by atoms with Gasteiger partial charge in [-0.15, -0.1) is 0 Å². The van der Waals surface area contributed by atoms with Gasteiger partial charge in [0.2, 0.25) is 0 Å². The molecule has 4 heteroatoms. The fraction of sp³-hybridized carbons (Fsp3) is 0.357. The van der Waals surface area contributed by atoms with Gasteiger partial charge in [0.05, 0.1) is 5.52 Å². The van der Waals surface area contributed by atoms with Crippen LogP contribution in [0.5, 0.6) is 0 Å². The second-order valence-electron chi connectivity index (χ2n) is 4.88. The van der Waals surface area contributed by atoms with E-state index < -0.39 is 11.4 Å². The summed E-state index contributed by atoms with van der Waals surface area (Å²) in [4.78, 5) is 11.3. The summed E-state index contributed by atoms with van der Waals surface area (Å²) >= 11 is 0. The van der Waals surface area contributed by atoms with Crippen LogP contribution < -0.4 is 0 Å². The summed E-state index contributed by atoms with van der Waals surface area (Å²) in [6.45, 7) is 5.69. The maximum Gasteiger partial charge on any atom is 0.315 e. The molecule has 0 spiro atoms. The lowest BCUT2D eigenvalue weighted by atomic mass is 9.89. The van der Waals surface area contributed by atoms with E-state index in [9.17, 15) is 14.3 Å². The van der Waals surface area contributed by atoms with Crippen molar-refractivity contribution in [2.75, 3.05) is 0 Å². The van der Waals surface area contributed by atoms with Gasteiger partial charge >= 0.3 is 5.97 Å². The van der Waals surface area contributed by atoms with Crippen LogP contribution in [0.15, 0.2) is 24.3 Å². The molecule has 0 saturated heterocycles. The molecule has 0 radical (unpaired) electrons. The monoisotopic (exact) mass is 249 g/mol. The number of rotatable bonds is 3. The quantitative estimate of drug-likeness (QED) is 0.907. The number of carboxylic acids is 1. The van der Waals surface area contributed by atoms with Crippen molar-refractivity contribution in [3.8, 4) is 0 Å². The van der Waals surface area contributed by atoms with Crippen LogP contribution >= 0.6 is 0 Å². The Morgan fingerprint density at radius 3 is 2.67 bits per heavy atom. The SMILES string of the molecule is CCn1c(C(C)(C)C(=O)O)cc2cccc(F)c21. The van der Waals surface area contributed by atoms with E-state index in [1.807, 2.05) is 6.92 Å². The molecule has 3 nitrogen and oxygen atoms in total. The maximum absolute atomic E-state index is 13.9. The van der Waals surface area contributed by atoms with E-state index in [-0.39, 0.29) is 5.82 Å².